The molecule has 0 bridgehead atoms. The average Bonchev–Trinajstić information content (AvgIpc) is 3.03. The van der Waals surface area contributed by atoms with Crippen molar-refractivity contribution < 1.29 is 14.3 Å². The molecule has 1 aliphatic rings. The number of hydrogen-bond donors (Lipinski definition) is 0. The first-order valence-electron chi connectivity index (χ1n) is 10.6. The maximum Gasteiger partial charge on any atom is 0.222 e. The van der Waals surface area contributed by atoms with Gasteiger partial charge >= 0.3 is 0 Å². The normalized spacial score (nSPS) is 14.3. The van der Waals surface area contributed by atoms with Crippen LogP contribution in [-0.4, -0.2) is 54.4 Å². The lowest BCUT2D eigenvalue weighted by molar-refractivity contribution is -0.133. The van der Waals surface area contributed by atoms with Gasteiger partial charge in [-0.05, 0) is 49.1 Å². The Morgan fingerprint density at radius 2 is 1.47 bits per heavy atom. The number of benzene rings is 2. The van der Waals surface area contributed by atoms with Crippen molar-refractivity contribution in [1.82, 2.24) is 9.80 Å². The molecule has 1 aliphatic heterocycles. The van der Waals surface area contributed by atoms with Crippen LogP contribution in [-0.2, 0) is 16.0 Å². The largest absolute Gasteiger partial charge is 0.494 e. The molecule has 2 aromatic rings. The van der Waals surface area contributed by atoms with Crippen molar-refractivity contribution in [2.45, 2.75) is 32.1 Å². The minimum atomic E-state index is 0.141. The molecule has 0 unspecified atom stereocenters. The first-order valence-corrected chi connectivity index (χ1v) is 11.0. The van der Waals surface area contributed by atoms with Gasteiger partial charge in [0.15, 0.2) is 0 Å². The highest BCUT2D eigenvalue weighted by atomic mass is 35.5. The number of amides is 2. The Kier molecular flexibility index (Phi) is 8.57. The van der Waals surface area contributed by atoms with Gasteiger partial charge in [-0.2, -0.15) is 0 Å². The van der Waals surface area contributed by atoms with Crippen molar-refractivity contribution in [1.29, 1.82) is 0 Å². The molecule has 5 nitrogen and oxygen atoms in total. The van der Waals surface area contributed by atoms with Crippen molar-refractivity contribution in [2.75, 3.05) is 32.8 Å². The van der Waals surface area contributed by atoms with E-state index in [-0.39, 0.29) is 11.8 Å². The highest BCUT2D eigenvalue weighted by Crippen LogP contribution is 2.13. The SMILES string of the molecule is O=C(CCCOc1ccccc1)N1CCCN(C(=O)CCc2ccc(Cl)cc2)CC1. The van der Waals surface area contributed by atoms with Crippen molar-refractivity contribution in [3.63, 3.8) is 0 Å². The number of nitrogens with zero attached hydrogens (tertiary/aromatic N) is 2. The molecule has 1 heterocycles. The topological polar surface area (TPSA) is 49.9 Å². The molecule has 6 heteroatoms. The predicted octanol–water partition coefficient (Wildman–Crippen LogP) is 4.19. The third-order valence-corrected chi connectivity index (χ3v) is 5.54. The second kappa shape index (κ2) is 11.6. The van der Waals surface area contributed by atoms with Gasteiger partial charge in [0.1, 0.15) is 5.75 Å². The summed E-state index contributed by atoms with van der Waals surface area (Å²) in [7, 11) is 0. The number of carbonyl (C=O) groups is 2. The second-order valence-corrected chi connectivity index (χ2v) is 7.94. The maximum absolute atomic E-state index is 12.6. The Morgan fingerprint density at radius 3 is 2.13 bits per heavy atom. The third-order valence-electron chi connectivity index (χ3n) is 5.29. The summed E-state index contributed by atoms with van der Waals surface area (Å²) in [4.78, 5) is 28.9. The van der Waals surface area contributed by atoms with Crippen LogP contribution in [0.2, 0.25) is 5.02 Å². The van der Waals surface area contributed by atoms with Crippen LogP contribution in [0.25, 0.3) is 0 Å². The van der Waals surface area contributed by atoms with E-state index < -0.39 is 0 Å². The van der Waals surface area contributed by atoms with E-state index in [4.69, 9.17) is 16.3 Å². The van der Waals surface area contributed by atoms with Gasteiger partial charge in [0.05, 0.1) is 6.61 Å². The van der Waals surface area contributed by atoms with Crippen LogP contribution < -0.4 is 4.74 Å². The summed E-state index contributed by atoms with van der Waals surface area (Å²) in [6, 6.07) is 17.2. The molecular weight excluding hydrogens is 400 g/mol. The Labute approximate surface area is 183 Å². The number of carbonyl (C=O) groups excluding carboxylic acids is 2. The fraction of sp³-hybridized carbons (Fsp3) is 0.417. The van der Waals surface area contributed by atoms with Gasteiger partial charge in [-0.1, -0.05) is 41.9 Å². The summed E-state index contributed by atoms with van der Waals surface area (Å²) in [5.41, 5.74) is 1.11. The first kappa shape index (κ1) is 22.2. The van der Waals surface area contributed by atoms with Crippen molar-refractivity contribution >= 4 is 23.4 Å². The first-order chi connectivity index (χ1) is 14.6. The minimum Gasteiger partial charge on any atom is -0.494 e. The molecule has 0 atom stereocenters. The fourth-order valence-corrected chi connectivity index (χ4v) is 3.69. The molecule has 0 spiro atoms. The fourth-order valence-electron chi connectivity index (χ4n) is 3.56. The molecule has 0 radical (unpaired) electrons. The Balaban J connectivity index is 1.36. The van der Waals surface area contributed by atoms with E-state index >= 15 is 0 Å². The Hall–Kier alpha value is -2.53. The Bertz CT molecular complexity index is 811. The minimum absolute atomic E-state index is 0.141. The van der Waals surface area contributed by atoms with Crippen LogP contribution in [0.4, 0.5) is 0 Å². The van der Waals surface area contributed by atoms with Gasteiger partial charge in [-0.25, -0.2) is 0 Å². The summed E-state index contributed by atoms with van der Waals surface area (Å²) in [5, 5.41) is 0.703. The molecule has 0 aromatic heterocycles. The van der Waals surface area contributed by atoms with Crippen LogP contribution in [0.15, 0.2) is 54.6 Å². The number of ether oxygens (including phenoxy) is 1. The maximum atomic E-state index is 12.6. The van der Waals surface area contributed by atoms with Gasteiger partial charge in [-0.3, -0.25) is 9.59 Å². The average molecular weight is 429 g/mol. The molecule has 2 amide bonds. The van der Waals surface area contributed by atoms with Crippen molar-refractivity contribution in [3.8, 4) is 5.75 Å². The molecule has 160 valence electrons. The van der Waals surface area contributed by atoms with Gasteiger partial charge in [-0.15, -0.1) is 0 Å². The number of hydrogen-bond acceptors (Lipinski definition) is 3. The van der Waals surface area contributed by atoms with E-state index in [9.17, 15) is 9.59 Å². The van der Waals surface area contributed by atoms with Gasteiger partial charge in [0, 0.05) is 44.0 Å². The third kappa shape index (κ3) is 7.06. The zero-order valence-corrected chi connectivity index (χ0v) is 18.0. The highest BCUT2D eigenvalue weighted by molar-refractivity contribution is 6.30. The van der Waals surface area contributed by atoms with Crippen LogP contribution in [0.1, 0.15) is 31.2 Å². The van der Waals surface area contributed by atoms with Gasteiger partial charge < -0.3 is 14.5 Å². The van der Waals surface area contributed by atoms with Crippen LogP contribution in [0, 0.1) is 0 Å². The molecule has 30 heavy (non-hydrogen) atoms. The lowest BCUT2D eigenvalue weighted by Gasteiger charge is -2.22. The molecule has 0 N–H and O–H groups in total. The van der Waals surface area contributed by atoms with E-state index in [2.05, 4.69) is 0 Å². The number of para-hydroxylation sites is 1. The van der Waals surface area contributed by atoms with Crippen LogP contribution in [0.3, 0.4) is 0 Å². The van der Waals surface area contributed by atoms with Gasteiger partial charge in [0.2, 0.25) is 11.8 Å². The number of aryl methyl sites for hydroxylation is 1. The zero-order valence-electron chi connectivity index (χ0n) is 17.3. The summed E-state index contributed by atoms with van der Waals surface area (Å²) in [5.74, 6) is 1.12. The van der Waals surface area contributed by atoms with Crippen molar-refractivity contribution in [2.24, 2.45) is 0 Å². The zero-order chi connectivity index (χ0) is 21.2. The highest BCUT2D eigenvalue weighted by Gasteiger charge is 2.21. The Morgan fingerprint density at radius 1 is 0.833 bits per heavy atom. The molecule has 0 saturated carbocycles. The smallest absolute Gasteiger partial charge is 0.222 e. The summed E-state index contributed by atoms with van der Waals surface area (Å²) in [6.45, 7) is 3.15. The number of halogens is 1. The molecule has 1 saturated heterocycles. The van der Waals surface area contributed by atoms with E-state index in [1.807, 2.05) is 64.4 Å². The predicted molar refractivity (Wildman–Crippen MR) is 119 cm³/mol. The lowest BCUT2D eigenvalue weighted by Crippen LogP contribution is -2.37. The van der Waals surface area contributed by atoms with E-state index in [0.29, 0.717) is 63.5 Å². The molecule has 0 aliphatic carbocycles. The van der Waals surface area contributed by atoms with Crippen LogP contribution in [0.5, 0.6) is 5.75 Å². The quantitative estimate of drug-likeness (QED) is 0.592. The summed E-state index contributed by atoms with van der Waals surface area (Å²) >= 11 is 5.91. The van der Waals surface area contributed by atoms with E-state index in [1.54, 1.807) is 0 Å². The van der Waals surface area contributed by atoms with E-state index in [1.165, 1.54) is 0 Å². The second-order valence-electron chi connectivity index (χ2n) is 7.51. The standard InChI is InChI=1S/C24H29ClN2O3/c25-21-12-9-20(10-13-21)11-14-24(29)27-16-5-15-26(17-18-27)23(28)8-4-19-30-22-6-2-1-3-7-22/h1-3,6-7,9-10,12-13H,4-5,8,11,14-19H2. The van der Waals surface area contributed by atoms with Crippen LogP contribution >= 0.6 is 11.6 Å². The summed E-state index contributed by atoms with van der Waals surface area (Å²) in [6.07, 6.45) is 3.16. The van der Waals surface area contributed by atoms with Gasteiger partial charge in [0.25, 0.3) is 0 Å². The van der Waals surface area contributed by atoms with E-state index in [0.717, 1.165) is 17.7 Å². The lowest BCUT2D eigenvalue weighted by atomic mass is 10.1. The molecule has 1 fully saturated rings. The van der Waals surface area contributed by atoms with Crippen molar-refractivity contribution in [3.05, 3.63) is 65.2 Å². The molecule has 3 rings (SSSR count). The molecular formula is C24H29ClN2O3. The summed E-state index contributed by atoms with van der Waals surface area (Å²) < 4.78 is 5.66. The molecule has 2 aromatic carbocycles. The number of rotatable bonds is 8. The monoisotopic (exact) mass is 428 g/mol.